The van der Waals surface area contributed by atoms with Crippen LogP contribution in [0.1, 0.15) is 24.2 Å². The fourth-order valence-electron chi connectivity index (χ4n) is 1.60. The number of nitrogens with two attached hydrogens (primary N) is 1. The number of carbonyl (C=O) groups is 1. The van der Waals surface area contributed by atoms with E-state index in [4.69, 9.17) is 29.6 Å². The molecule has 1 aromatic carbocycles. The lowest BCUT2D eigenvalue weighted by atomic mass is 10.1. The van der Waals surface area contributed by atoms with Crippen molar-refractivity contribution in [2.24, 2.45) is 11.7 Å². The number of phenols is 1. The van der Waals surface area contributed by atoms with Crippen LogP contribution < -0.4 is 5.73 Å². The number of benzene rings is 1. The van der Waals surface area contributed by atoms with Crippen LogP contribution in [0.25, 0.3) is 0 Å². The molecule has 104 valence electrons. The molecule has 1 atom stereocenters. The number of aromatic hydroxyl groups is 1. The Morgan fingerprint density at radius 2 is 2.21 bits per heavy atom. The molecule has 0 fully saturated rings. The first-order chi connectivity index (χ1) is 8.86. The van der Waals surface area contributed by atoms with E-state index in [0.717, 1.165) is 0 Å². The summed E-state index contributed by atoms with van der Waals surface area (Å²) in [5.41, 5.74) is 5.99. The second kappa shape index (κ2) is 6.73. The summed E-state index contributed by atoms with van der Waals surface area (Å²) in [6.07, 6.45) is 0. The average molecular weight is 301 g/mol. The Hall–Kier alpha value is -1.33. The maximum Gasteiger partial charge on any atom is 0.253 e. The zero-order valence-electron chi connectivity index (χ0n) is 10.9. The highest BCUT2D eigenvalue weighted by Crippen LogP contribution is 2.24. The maximum absolute atomic E-state index is 12.3. The minimum atomic E-state index is -0.160. The maximum atomic E-state index is 12.3. The van der Waals surface area contributed by atoms with Crippen molar-refractivity contribution < 1.29 is 9.90 Å². The highest BCUT2D eigenvalue weighted by atomic mass is 35.5. The molecule has 1 unspecified atom stereocenters. The van der Waals surface area contributed by atoms with Gasteiger partial charge in [0.1, 0.15) is 5.75 Å². The van der Waals surface area contributed by atoms with Crippen molar-refractivity contribution in [2.75, 3.05) is 13.1 Å². The summed E-state index contributed by atoms with van der Waals surface area (Å²) in [7, 11) is 0. The Morgan fingerprint density at radius 3 is 2.68 bits per heavy atom. The highest BCUT2D eigenvalue weighted by molar-refractivity contribution is 7.80. The van der Waals surface area contributed by atoms with Gasteiger partial charge in [0.25, 0.3) is 5.91 Å². The van der Waals surface area contributed by atoms with Gasteiger partial charge in [0.15, 0.2) is 0 Å². The number of amides is 1. The molecule has 0 saturated carbocycles. The van der Waals surface area contributed by atoms with Gasteiger partial charge in [0.05, 0.1) is 10.0 Å². The van der Waals surface area contributed by atoms with Crippen molar-refractivity contribution in [3.8, 4) is 5.75 Å². The fraction of sp³-hybridized carbons (Fsp3) is 0.385. The van der Waals surface area contributed by atoms with Crippen molar-refractivity contribution in [3.05, 3.63) is 28.8 Å². The van der Waals surface area contributed by atoms with Crippen LogP contribution in [-0.2, 0) is 0 Å². The topological polar surface area (TPSA) is 66.6 Å². The molecule has 1 aromatic rings. The van der Waals surface area contributed by atoms with Crippen LogP contribution in [0.2, 0.25) is 5.02 Å². The first-order valence-corrected chi connectivity index (χ1v) is 6.72. The predicted molar refractivity (Wildman–Crippen MR) is 80.6 cm³/mol. The number of hydrogen-bond acceptors (Lipinski definition) is 3. The van der Waals surface area contributed by atoms with Crippen molar-refractivity contribution >= 4 is 34.7 Å². The largest absolute Gasteiger partial charge is 0.506 e. The van der Waals surface area contributed by atoms with E-state index >= 15 is 0 Å². The van der Waals surface area contributed by atoms with Gasteiger partial charge in [-0.25, -0.2) is 0 Å². The minimum absolute atomic E-state index is 0.0437. The van der Waals surface area contributed by atoms with E-state index in [1.807, 2.05) is 13.8 Å². The zero-order valence-corrected chi connectivity index (χ0v) is 12.5. The third-order valence-electron chi connectivity index (χ3n) is 2.84. The predicted octanol–water partition coefficient (Wildman–Crippen LogP) is 2.43. The number of carbonyl (C=O) groups excluding carboxylic acids is 1. The zero-order chi connectivity index (χ0) is 14.6. The summed E-state index contributed by atoms with van der Waals surface area (Å²) >= 11 is 10.7. The molecule has 1 rings (SSSR count). The molecule has 3 N–H and O–H groups in total. The van der Waals surface area contributed by atoms with Crippen molar-refractivity contribution in [1.82, 2.24) is 4.90 Å². The molecule has 0 bridgehead atoms. The van der Waals surface area contributed by atoms with Gasteiger partial charge in [-0.05, 0) is 25.1 Å². The first kappa shape index (κ1) is 15.7. The quantitative estimate of drug-likeness (QED) is 0.820. The van der Waals surface area contributed by atoms with Gasteiger partial charge in [-0.1, -0.05) is 30.7 Å². The standard InChI is InChI=1S/C13H17ClN2O2S/c1-3-16(7-8(2)12(15)19)13(18)9-4-5-11(17)10(14)6-9/h4-6,8,17H,3,7H2,1-2H3,(H2,15,19). The molecule has 0 spiro atoms. The summed E-state index contributed by atoms with van der Waals surface area (Å²) in [5.74, 6) is -0.253. The number of hydrogen-bond donors (Lipinski definition) is 2. The minimum Gasteiger partial charge on any atom is -0.506 e. The van der Waals surface area contributed by atoms with E-state index in [0.29, 0.717) is 23.6 Å². The molecule has 0 aliphatic heterocycles. The van der Waals surface area contributed by atoms with Gasteiger partial charge in [-0.3, -0.25) is 4.79 Å². The second-order valence-corrected chi connectivity index (χ2v) is 5.19. The lowest BCUT2D eigenvalue weighted by molar-refractivity contribution is 0.0755. The van der Waals surface area contributed by atoms with Crippen LogP contribution in [0.4, 0.5) is 0 Å². The van der Waals surface area contributed by atoms with Crippen molar-refractivity contribution in [2.45, 2.75) is 13.8 Å². The van der Waals surface area contributed by atoms with Crippen LogP contribution in [0.15, 0.2) is 18.2 Å². The Balaban J connectivity index is 2.89. The van der Waals surface area contributed by atoms with Gasteiger partial charge >= 0.3 is 0 Å². The normalized spacial score (nSPS) is 11.9. The summed E-state index contributed by atoms with van der Waals surface area (Å²) in [6.45, 7) is 4.77. The summed E-state index contributed by atoms with van der Waals surface area (Å²) < 4.78 is 0. The van der Waals surface area contributed by atoms with Crippen molar-refractivity contribution in [3.63, 3.8) is 0 Å². The first-order valence-electron chi connectivity index (χ1n) is 5.93. The Kier molecular flexibility index (Phi) is 5.57. The number of rotatable bonds is 5. The van der Waals surface area contributed by atoms with E-state index < -0.39 is 0 Å². The number of phenolic OH excluding ortho intramolecular Hbond substituents is 1. The van der Waals surface area contributed by atoms with Gasteiger partial charge in [0, 0.05) is 24.6 Å². The molecular formula is C13H17ClN2O2S. The average Bonchev–Trinajstić information content (AvgIpc) is 2.37. The lowest BCUT2D eigenvalue weighted by Crippen LogP contribution is -2.38. The molecule has 0 aliphatic rings. The molecule has 6 heteroatoms. The molecule has 0 radical (unpaired) electrons. The summed E-state index contributed by atoms with van der Waals surface area (Å²) in [6, 6.07) is 4.39. The number of nitrogens with zero attached hydrogens (tertiary/aromatic N) is 1. The van der Waals surface area contributed by atoms with Crippen LogP contribution in [0, 0.1) is 5.92 Å². The van der Waals surface area contributed by atoms with Crippen LogP contribution >= 0.6 is 23.8 Å². The molecule has 4 nitrogen and oxygen atoms in total. The SMILES string of the molecule is CCN(CC(C)C(N)=S)C(=O)c1ccc(O)c(Cl)c1. The molecule has 0 heterocycles. The Bertz CT molecular complexity index is 494. The molecule has 0 aliphatic carbocycles. The third-order valence-corrected chi connectivity index (χ3v) is 3.55. The fourth-order valence-corrected chi connectivity index (χ4v) is 1.85. The smallest absolute Gasteiger partial charge is 0.253 e. The van der Waals surface area contributed by atoms with Crippen LogP contribution in [-0.4, -0.2) is 34.0 Å². The highest BCUT2D eigenvalue weighted by Gasteiger charge is 2.18. The van der Waals surface area contributed by atoms with Crippen LogP contribution in [0.5, 0.6) is 5.75 Å². The molecule has 0 aromatic heterocycles. The number of thiocarbonyl (C=S) groups is 1. The van der Waals surface area contributed by atoms with Gasteiger partial charge < -0.3 is 15.7 Å². The lowest BCUT2D eigenvalue weighted by Gasteiger charge is -2.24. The third kappa shape index (κ3) is 4.08. The molecule has 19 heavy (non-hydrogen) atoms. The monoisotopic (exact) mass is 300 g/mol. The molecule has 1 amide bonds. The van der Waals surface area contributed by atoms with Gasteiger partial charge in [0.2, 0.25) is 0 Å². The second-order valence-electron chi connectivity index (χ2n) is 4.31. The van der Waals surface area contributed by atoms with E-state index in [1.165, 1.54) is 18.2 Å². The summed E-state index contributed by atoms with van der Waals surface area (Å²) in [4.78, 5) is 14.3. The van der Waals surface area contributed by atoms with Gasteiger partial charge in [-0.15, -0.1) is 0 Å². The van der Waals surface area contributed by atoms with Crippen LogP contribution in [0.3, 0.4) is 0 Å². The van der Waals surface area contributed by atoms with E-state index in [-0.39, 0.29) is 22.6 Å². The van der Waals surface area contributed by atoms with Crippen molar-refractivity contribution in [1.29, 1.82) is 0 Å². The Morgan fingerprint density at radius 1 is 1.58 bits per heavy atom. The number of halogens is 1. The van der Waals surface area contributed by atoms with Gasteiger partial charge in [-0.2, -0.15) is 0 Å². The van der Waals surface area contributed by atoms with E-state index in [2.05, 4.69) is 0 Å². The molecule has 0 saturated heterocycles. The van der Waals surface area contributed by atoms with E-state index in [9.17, 15) is 9.90 Å². The van der Waals surface area contributed by atoms with E-state index in [1.54, 1.807) is 4.90 Å². The molecular weight excluding hydrogens is 284 g/mol. The Labute approximate surface area is 123 Å². The summed E-state index contributed by atoms with van der Waals surface area (Å²) in [5, 5.41) is 9.51.